The normalized spacial score (nSPS) is 14.5. The Morgan fingerprint density at radius 3 is 1.33 bits per heavy atom. The van der Waals surface area contributed by atoms with E-state index in [1.807, 2.05) is 0 Å². The molecule has 0 spiro atoms. The molecule has 0 heterocycles. The first kappa shape index (κ1) is 33.4. The van der Waals surface area contributed by atoms with Crippen LogP contribution in [0.4, 0.5) is 0 Å². The number of rotatable bonds is 4. The Hall–Kier alpha value is -6.76. The zero-order valence-corrected chi connectivity index (χ0v) is 33.3. The molecule has 0 unspecified atom stereocenters. The molecule has 2 aliphatic carbocycles. The lowest BCUT2D eigenvalue weighted by molar-refractivity contribution is 0.652. The van der Waals surface area contributed by atoms with E-state index in [1.165, 1.54) is 121 Å². The topological polar surface area (TPSA) is 0 Å². The van der Waals surface area contributed by atoms with Gasteiger partial charge in [-0.15, -0.1) is 0 Å². The van der Waals surface area contributed by atoms with Gasteiger partial charge in [-0.25, -0.2) is 0 Å². The van der Waals surface area contributed by atoms with Crippen molar-refractivity contribution < 1.29 is 0 Å². The Labute approximate surface area is 340 Å². The number of benzene rings is 10. The molecule has 0 amide bonds. The van der Waals surface area contributed by atoms with Crippen molar-refractivity contribution >= 4 is 32.3 Å². The van der Waals surface area contributed by atoms with Crippen molar-refractivity contribution in [3.05, 3.63) is 204 Å². The minimum absolute atomic E-state index is 0.0158. The van der Waals surface area contributed by atoms with Crippen molar-refractivity contribution in [3.8, 4) is 66.8 Å². The molecule has 0 radical (unpaired) electrons. The van der Waals surface area contributed by atoms with E-state index in [2.05, 4.69) is 210 Å². The fraction of sp³-hybridized carbons (Fsp3) is 0.103. The van der Waals surface area contributed by atoms with E-state index in [0.717, 1.165) is 0 Å². The van der Waals surface area contributed by atoms with Crippen LogP contribution in [-0.4, -0.2) is 0 Å². The maximum absolute atomic E-state index is 2.51. The maximum Gasteiger partial charge on any atom is 0.0159 e. The van der Waals surface area contributed by atoms with Crippen molar-refractivity contribution in [2.24, 2.45) is 0 Å². The molecule has 0 atom stereocenters. The van der Waals surface area contributed by atoms with E-state index in [1.54, 1.807) is 0 Å². The van der Waals surface area contributed by atoms with Crippen LogP contribution in [0.2, 0.25) is 0 Å². The van der Waals surface area contributed by atoms with Crippen molar-refractivity contribution in [2.45, 2.75) is 38.5 Å². The standard InChI is InChI=1S/C58H42/c1-57(2)51-19-9-8-18-45(51)49-33-54-50(34-53(49)57)46-27-24-41(32-52(46)58(54,3)4)39-15-10-14-38(30-39)40-16-11-17-42(31-40)44-26-21-37-22-28-47-43(35-12-6-5-7-13-35)25-20-36-23-29-48(44)56(37)55(36)47/h5-34H,1-4H3. The summed E-state index contributed by atoms with van der Waals surface area (Å²) in [5.41, 5.74) is 21.1. The summed E-state index contributed by atoms with van der Waals surface area (Å²) in [6.45, 7) is 9.57. The van der Waals surface area contributed by atoms with Crippen LogP contribution < -0.4 is 0 Å². The van der Waals surface area contributed by atoms with Gasteiger partial charge in [-0.1, -0.05) is 179 Å². The molecule has 0 bridgehead atoms. The van der Waals surface area contributed by atoms with Crippen LogP contribution in [0.25, 0.3) is 99.1 Å². The lowest BCUT2D eigenvalue weighted by Gasteiger charge is -2.24. The molecule has 274 valence electrons. The average molecular weight is 739 g/mol. The summed E-state index contributed by atoms with van der Waals surface area (Å²) < 4.78 is 0. The summed E-state index contributed by atoms with van der Waals surface area (Å²) in [6.07, 6.45) is 0. The Bertz CT molecular complexity index is 3320. The Kier molecular flexibility index (Phi) is 6.84. The molecule has 58 heavy (non-hydrogen) atoms. The molecule has 0 nitrogen and oxygen atoms in total. The first-order chi connectivity index (χ1) is 28.3. The van der Waals surface area contributed by atoms with E-state index < -0.39 is 0 Å². The third-order valence-electron chi connectivity index (χ3n) is 13.8. The summed E-state index contributed by atoms with van der Waals surface area (Å²) in [5.74, 6) is 0. The molecule has 0 saturated carbocycles. The first-order valence-corrected chi connectivity index (χ1v) is 20.7. The molecule has 0 aromatic heterocycles. The molecule has 0 heteroatoms. The third kappa shape index (κ3) is 4.63. The van der Waals surface area contributed by atoms with Gasteiger partial charge in [0.2, 0.25) is 0 Å². The SMILES string of the molecule is CC1(C)c2ccccc2-c2cc3c(cc21)-c1ccc(-c2cccc(-c4cccc(-c5ccc6ccc7c(-c8ccccc8)ccc8ccc5c6c87)c4)c2)cc1C3(C)C. The summed E-state index contributed by atoms with van der Waals surface area (Å²) in [5, 5.41) is 7.86. The van der Waals surface area contributed by atoms with Gasteiger partial charge in [-0.2, -0.15) is 0 Å². The second kappa shape index (κ2) is 11.9. The minimum Gasteiger partial charge on any atom is -0.0622 e. The summed E-state index contributed by atoms with van der Waals surface area (Å²) in [7, 11) is 0. The van der Waals surface area contributed by atoms with Crippen LogP contribution in [0.3, 0.4) is 0 Å². The Morgan fingerprint density at radius 1 is 0.259 bits per heavy atom. The van der Waals surface area contributed by atoms with Crippen molar-refractivity contribution in [2.75, 3.05) is 0 Å². The van der Waals surface area contributed by atoms with Crippen LogP contribution in [0.1, 0.15) is 49.9 Å². The predicted octanol–water partition coefficient (Wildman–Crippen LogP) is 15.9. The largest absolute Gasteiger partial charge is 0.0622 e. The van der Waals surface area contributed by atoms with Gasteiger partial charge in [0.1, 0.15) is 0 Å². The minimum atomic E-state index is -0.104. The van der Waals surface area contributed by atoms with Crippen molar-refractivity contribution in [3.63, 3.8) is 0 Å². The molecule has 12 rings (SSSR count). The van der Waals surface area contributed by atoms with Gasteiger partial charge in [0.25, 0.3) is 0 Å². The molecule has 0 saturated heterocycles. The number of hydrogen-bond acceptors (Lipinski definition) is 0. The quantitative estimate of drug-likeness (QED) is 0.158. The van der Waals surface area contributed by atoms with Crippen molar-refractivity contribution in [1.82, 2.24) is 0 Å². The van der Waals surface area contributed by atoms with Gasteiger partial charge in [-0.3, -0.25) is 0 Å². The molecule has 10 aromatic carbocycles. The predicted molar refractivity (Wildman–Crippen MR) is 247 cm³/mol. The van der Waals surface area contributed by atoms with Crippen LogP contribution in [0.15, 0.2) is 182 Å². The molecule has 0 fully saturated rings. The van der Waals surface area contributed by atoms with E-state index in [0.29, 0.717) is 0 Å². The van der Waals surface area contributed by atoms with E-state index in [-0.39, 0.29) is 10.8 Å². The Balaban J connectivity index is 0.923. The summed E-state index contributed by atoms with van der Waals surface area (Å²) in [6, 6.07) is 68.6. The average Bonchev–Trinajstić information content (AvgIpc) is 3.63. The zero-order valence-electron chi connectivity index (χ0n) is 33.3. The second-order valence-electron chi connectivity index (χ2n) is 17.7. The fourth-order valence-electron chi connectivity index (χ4n) is 10.8. The van der Waals surface area contributed by atoms with Gasteiger partial charge < -0.3 is 0 Å². The van der Waals surface area contributed by atoms with Crippen LogP contribution in [0.5, 0.6) is 0 Å². The van der Waals surface area contributed by atoms with Gasteiger partial charge in [0.05, 0.1) is 0 Å². The highest BCUT2D eigenvalue weighted by Gasteiger charge is 2.41. The molecular formula is C58H42. The monoisotopic (exact) mass is 738 g/mol. The molecular weight excluding hydrogens is 697 g/mol. The lowest BCUT2D eigenvalue weighted by Crippen LogP contribution is -2.17. The lowest BCUT2D eigenvalue weighted by atomic mass is 9.79. The van der Waals surface area contributed by atoms with Crippen LogP contribution in [0, 0.1) is 0 Å². The number of fused-ring (bicyclic) bond motifs is 6. The van der Waals surface area contributed by atoms with Gasteiger partial charge >= 0.3 is 0 Å². The zero-order chi connectivity index (χ0) is 38.9. The van der Waals surface area contributed by atoms with Crippen LogP contribution >= 0.6 is 0 Å². The van der Waals surface area contributed by atoms with E-state index in [9.17, 15) is 0 Å². The van der Waals surface area contributed by atoms with Gasteiger partial charge in [-0.05, 0) is 152 Å². The summed E-state index contributed by atoms with van der Waals surface area (Å²) in [4.78, 5) is 0. The smallest absolute Gasteiger partial charge is 0.0159 e. The molecule has 2 aliphatic rings. The third-order valence-corrected chi connectivity index (χ3v) is 13.8. The highest BCUT2D eigenvalue weighted by atomic mass is 14.4. The van der Waals surface area contributed by atoms with Crippen LogP contribution in [-0.2, 0) is 10.8 Å². The number of hydrogen-bond donors (Lipinski definition) is 0. The molecule has 10 aromatic rings. The first-order valence-electron chi connectivity index (χ1n) is 20.7. The van der Waals surface area contributed by atoms with E-state index in [4.69, 9.17) is 0 Å². The van der Waals surface area contributed by atoms with E-state index >= 15 is 0 Å². The van der Waals surface area contributed by atoms with Gasteiger partial charge in [0.15, 0.2) is 0 Å². The molecule has 0 N–H and O–H groups in total. The summed E-state index contributed by atoms with van der Waals surface area (Å²) >= 11 is 0. The maximum atomic E-state index is 2.51. The Morgan fingerprint density at radius 2 is 0.690 bits per heavy atom. The van der Waals surface area contributed by atoms with Crippen molar-refractivity contribution in [1.29, 1.82) is 0 Å². The fourth-order valence-corrected chi connectivity index (χ4v) is 10.8. The highest BCUT2D eigenvalue weighted by molar-refractivity contribution is 6.27. The second-order valence-corrected chi connectivity index (χ2v) is 17.7. The highest BCUT2D eigenvalue weighted by Crippen LogP contribution is 2.56. The molecule has 0 aliphatic heterocycles. The van der Waals surface area contributed by atoms with Gasteiger partial charge in [0, 0.05) is 10.8 Å².